The molecule has 1 aromatic carbocycles. The van der Waals surface area contributed by atoms with Crippen LogP contribution in [-0.2, 0) is 11.3 Å². The van der Waals surface area contributed by atoms with Crippen LogP contribution in [0.4, 0.5) is 0 Å². The zero-order chi connectivity index (χ0) is 17.2. The van der Waals surface area contributed by atoms with Crippen LogP contribution in [0.25, 0.3) is 0 Å². The maximum atomic E-state index is 9.85. The van der Waals surface area contributed by atoms with E-state index in [2.05, 4.69) is 15.9 Å². The molecule has 1 aliphatic rings. The number of hydrogen-bond donors (Lipinski definition) is 1. The molecule has 0 radical (unpaired) electrons. The fourth-order valence-corrected chi connectivity index (χ4v) is 3.08. The Balaban J connectivity index is 1.94. The number of aliphatic hydroxyl groups is 1. The SMILES string of the molecule is CCOc1ccccc1CN(CCN1CCCOCC1)C[C@H](C)O. The van der Waals surface area contributed by atoms with E-state index in [0.717, 1.165) is 58.1 Å². The van der Waals surface area contributed by atoms with Crippen molar-refractivity contribution in [3.8, 4) is 5.75 Å². The van der Waals surface area contributed by atoms with Gasteiger partial charge < -0.3 is 14.6 Å². The summed E-state index contributed by atoms with van der Waals surface area (Å²) >= 11 is 0. The highest BCUT2D eigenvalue weighted by Crippen LogP contribution is 2.20. The molecule has 5 heteroatoms. The summed E-state index contributed by atoms with van der Waals surface area (Å²) in [6, 6.07) is 8.18. The summed E-state index contributed by atoms with van der Waals surface area (Å²) in [5.74, 6) is 0.943. The van der Waals surface area contributed by atoms with Crippen LogP contribution in [0, 0.1) is 0 Å². The van der Waals surface area contributed by atoms with E-state index < -0.39 is 0 Å². The molecule has 1 fully saturated rings. The molecule has 0 aromatic heterocycles. The fraction of sp³-hybridized carbons (Fsp3) is 0.684. The number of nitrogens with zero attached hydrogens (tertiary/aromatic N) is 2. The van der Waals surface area contributed by atoms with Crippen LogP contribution in [0.3, 0.4) is 0 Å². The minimum Gasteiger partial charge on any atom is -0.494 e. The largest absolute Gasteiger partial charge is 0.494 e. The molecule has 0 spiro atoms. The maximum absolute atomic E-state index is 9.85. The Bertz CT molecular complexity index is 460. The van der Waals surface area contributed by atoms with Crippen molar-refractivity contribution in [2.75, 3.05) is 52.5 Å². The molecule has 5 nitrogen and oxygen atoms in total. The molecule has 1 heterocycles. The third kappa shape index (κ3) is 6.77. The summed E-state index contributed by atoms with van der Waals surface area (Å²) in [5.41, 5.74) is 1.18. The summed E-state index contributed by atoms with van der Waals surface area (Å²) < 4.78 is 11.3. The second-order valence-corrected chi connectivity index (χ2v) is 6.43. The lowest BCUT2D eigenvalue weighted by Crippen LogP contribution is -2.39. The van der Waals surface area contributed by atoms with Gasteiger partial charge in [-0.3, -0.25) is 9.80 Å². The van der Waals surface area contributed by atoms with Crippen molar-refractivity contribution < 1.29 is 14.6 Å². The zero-order valence-corrected chi connectivity index (χ0v) is 15.1. The molecule has 0 unspecified atom stereocenters. The van der Waals surface area contributed by atoms with Gasteiger partial charge in [0.05, 0.1) is 19.3 Å². The average molecular weight is 336 g/mol. The van der Waals surface area contributed by atoms with Crippen molar-refractivity contribution in [1.29, 1.82) is 0 Å². The van der Waals surface area contributed by atoms with Gasteiger partial charge in [-0.2, -0.15) is 0 Å². The quantitative estimate of drug-likeness (QED) is 0.747. The van der Waals surface area contributed by atoms with Gasteiger partial charge in [-0.1, -0.05) is 18.2 Å². The van der Waals surface area contributed by atoms with Crippen molar-refractivity contribution in [3.05, 3.63) is 29.8 Å². The summed E-state index contributed by atoms with van der Waals surface area (Å²) in [7, 11) is 0. The highest BCUT2D eigenvalue weighted by molar-refractivity contribution is 5.33. The smallest absolute Gasteiger partial charge is 0.123 e. The van der Waals surface area contributed by atoms with Crippen LogP contribution in [0.1, 0.15) is 25.8 Å². The van der Waals surface area contributed by atoms with Crippen molar-refractivity contribution in [1.82, 2.24) is 9.80 Å². The normalized spacial score (nSPS) is 17.7. The number of benzene rings is 1. The lowest BCUT2D eigenvalue weighted by atomic mass is 10.1. The van der Waals surface area contributed by atoms with Gasteiger partial charge in [-0.05, 0) is 26.3 Å². The number of aliphatic hydroxyl groups excluding tert-OH is 1. The minimum atomic E-state index is -0.336. The second-order valence-electron chi connectivity index (χ2n) is 6.43. The molecule has 2 rings (SSSR count). The number of hydrogen-bond acceptors (Lipinski definition) is 5. The molecule has 136 valence electrons. The van der Waals surface area contributed by atoms with Crippen molar-refractivity contribution in [3.63, 3.8) is 0 Å². The van der Waals surface area contributed by atoms with Crippen LogP contribution < -0.4 is 4.74 Å². The van der Waals surface area contributed by atoms with E-state index in [9.17, 15) is 5.11 Å². The summed E-state index contributed by atoms with van der Waals surface area (Å²) in [5, 5.41) is 9.85. The molecule has 24 heavy (non-hydrogen) atoms. The van der Waals surface area contributed by atoms with Gasteiger partial charge in [-0.25, -0.2) is 0 Å². The van der Waals surface area contributed by atoms with Crippen LogP contribution in [-0.4, -0.2) is 73.6 Å². The van der Waals surface area contributed by atoms with E-state index in [4.69, 9.17) is 9.47 Å². The van der Waals surface area contributed by atoms with E-state index in [1.165, 1.54) is 5.56 Å². The Labute approximate surface area is 146 Å². The predicted molar refractivity (Wildman–Crippen MR) is 96.4 cm³/mol. The van der Waals surface area contributed by atoms with E-state index in [1.807, 2.05) is 32.0 Å². The first-order valence-electron chi connectivity index (χ1n) is 9.10. The van der Waals surface area contributed by atoms with Gasteiger partial charge in [0.15, 0.2) is 0 Å². The molecule has 0 amide bonds. The second kappa shape index (κ2) is 10.7. The number of para-hydroxylation sites is 1. The van der Waals surface area contributed by atoms with Crippen LogP contribution in [0.5, 0.6) is 5.75 Å². The fourth-order valence-electron chi connectivity index (χ4n) is 3.08. The first-order valence-corrected chi connectivity index (χ1v) is 9.10. The molecule has 1 aromatic rings. The molecule has 0 saturated carbocycles. The third-order valence-electron chi connectivity index (χ3n) is 4.24. The zero-order valence-electron chi connectivity index (χ0n) is 15.1. The molecular formula is C19H32N2O3. The first kappa shape index (κ1) is 19.2. The van der Waals surface area contributed by atoms with E-state index in [-0.39, 0.29) is 6.10 Å². The molecule has 1 N–H and O–H groups in total. The lowest BCUT2D eigenvalue weighted by molar-refractivity contribution is 0.107. The van der Waals surface area contributed by atoms with Crippen molar-refractivity contribution >= 4 is 0 Å². The lowest BCUT2D eigenvalue weighted by Gasteiger charge is -2.28. The molecular weight excluding hydrogens is 304 g/mol. The van der Waals surface area contributed by atoms with E-state index in [0.29, 0.717) is 13.2 Å². The number of rotatable bonds is 9. The van der Waals surface area contributed by atoms with Gasteiger partial charge in [0.25, 0.3) is 0 Å². The van der Waals surface area contributed by atoms with Crippen molar-refractivity contribution in [2.24, 2.45) is 0 Å². The monoisotopic (exact) mass is 336 g/mol. The van der Waals surface area contributed by atoms with Gasteiger partial charge in [0, 0.05) is 51.4 Å². The summed E-state index contributed by atoms with van der Waals surface area (Å²) in [4.78, 5) is 4.77. The summed E-state index contributed by atoms with van der Waals surface area (Å²) in [6.07, 6.45) is 0.764. The van der Waals surface area contributed by atoms with Crippen LogP contribution >= 0.6 is 0 Å². The number of ether oxygens (including phenoxy) is 2. The standard InChI is InChI=1S/C19H32N2O3/c1-3-24-19-8-5-4-7-18(19)16-21(15-17(2)22)11-10-20-9-6-13-23-14-12-20/h4-5,7-8,17,22H,3,6,9-16H2,1-2H3/t17-/m0/s1. The minimum absolute atomic E-state index is 0.336. The van der Waals surface area contributed by atoms with E-state index in [1.54, 1.807) is 0 Å². The Morgan fingerprint density at radius 2 is 2.12 bits per heavy atom. The molecule has 1 atom stereocenters. The average Bonchev–Trinajstić information content (AvgIpc) is 2.83. The Hall–Kier alpha value is -1.14. The Morgan fingerprint density at radius 1 is 1.29 bits per heavy atom. The maximum Gasteiger partial charge on any atom is 0.123 e. The van der Waals surface area contributed by atoms with E-state index >= 15 is 0 Å². The van der Waals surface area contributed by atoms with Gasteiger partial charge >= 0.3 is 0 Å². The topological polar surface area (TPSA) is 45.2 Å². The van der Waals surface area contributed by atoms with Gasteiger partial charge in [0.2, 0.25) is 0 Å². The molecule has 1 aliphatic heterocycles. The Kier molecular flexibility index (Phi) is 8.53. The molecule has 0 bridgehead atoms. The van der Waals surface area contributed by atoms with Crippen LogP contribution in [0.2, 0.25) is 0 Å². The first-order chi connectivity index (χ1) is 11.7. The van der Waals surface area contributed by atoms with Gasteiger partial charge in [-0.15, -0.1) is 0 Å². The van der Waals surface area contributed by atoms with Crippen LogP contribution in [0.15, 0.2) is 24.3 Å². The highest BCUT2D eigenvalue weighted by Gasteiger charge is 2.15. The predicted octanol–water partition coefficient (Wildman–Crippen LogP) is 1.99. The third-order valence-corrected chi connectivity index (χ3v) is 4.24. The molecule has 0 aliphatic carbocycles. The molecule has 1 saturated heterocycles. The Morgan fingerprint density at radius 3 is 2.92 bits per heavy atom. The van der Waals surface area contributed by atoms with Gasteiger partial charge in [0.1, 0.15) is 5.75 Å². The summed E-state index contributed by atoms with van der Waals surface area (Å²) in [6.45, 7) is 11.7. The van der Waals surface area contributed by atoms with Crippen molar-refractivity contribution in [2.45, 2.75) is 32.9 Å². The highest BCUT2D eigenvalue weighted by atomic mass is 16.5.